The molecule has 0 radical (unpaired) electrons. The summed E-state index contributed by atoms with van der Waals surface area (Å²) in [7, 11) is 1.89. The lowest BCUT2D eigenvalue weighted by Crippen LogP contribution is -2.10. The largest absolute Gasteiger partial charge is 0.272 e. The predicted molar refractivity (Wildman–Crippen MR) is 121 cm³/mol. The second kappa shape index (κ2) is 6.94. The highest BCUT2D eigenvalue weighted by molar-refractivity contribution is 7.23. The summed E-state index contributed by atoms with van der Waals surface area (Å²) in [5.41, 5.74) is 4.07. The number of nitrogens with zero attached hydrogens (tertiary/aromatic N) is 4. The topological polar surface area (TPSA) is 67.9 Å². The van der Waals surface area contributed by atoms with Gasteiger partial charge in [0.05, 0.1) is 34.4 Å². The van der Waals surface area contributed by atoms with E-state index in [9.17, 15) is 4.79 Å². The zero-order valence-electron chi connectivity index (χ0n) is 16.4. The highest BCUT2D eigenvalue weighted by Crippen LogP contribution is 2.47. The second-order valence-electron chi connectivity index (χ2n) is 7.03. The van der Waals surface area contributed by atoms with E-state index in [4.69, 9.17) is 6.57 Å². The van der Waals surface area contributed by atoms with Gasteiger partial charge in [-0.15, -0.1) is 11.3 Å². The molecule has 0 saturated heterocycles. The number of hydrogen-bond acceptors (Lipinski definition) is 4. The van der Waals surface area contributed by atoms with Crippen molar-refractivity contribution in [2.45, 2.75) is 13.3 Å². The van der Waals surface area contributed by atoms with Crippen molar-refractivity contribution in [3.63, 3.8) is 0 Å². The van der Waals surface area contributed by atoms with Crippen LogP contribution in [0.1, 0.15) is 12.6 Å². The Morgan fingerprint density at radius 2 is 2.00 bits per heavy atom. The first-order chi connectivity index (χ1) is 14.6. The van der Waals surface area contributed by atoms with Crippen molar-refractivity contribution in [2.75, 3.05) is 0 Å². The third-order valence-electron chi connectivity index (χ3n) is 5.35. The Kier molecular flexibility index (Phi) is 4.23. The summed E-state index contributed by atoms with van der Waals surface area (Å²) in [5, 5.41) is 13.7. The minimum absolute atomic E-state index is 0.194. The minimum Gasteiger partial charge on any atom is -0.268 e. The van der Waals surface area contributed by atoms with Crippen LogP contribution in [0.5, 0.6) is 0 Å². The molecule has 0 aliphatic carbocycles. The standard InChI is InChI=1S/C23H17N5OS/c1-4-18-16-11-13(9-10-14(16)23(29)27-26-18)17-12-25-28(3)21(17)22-20(24-2)15-7-5-6-8-19(15)30-22/h5-12H,4H2,1,3H3,(H,27,29). The molecule has 146 valence electrons. The Morgan fingerprint density at radius 3 is 2.80 bits per heavy atom. The molecular formula is C23H17N5OS. The van der Waals surface area contributed by atoms with Gasteiger partial charge < -0.3 is 0 Å². The van der Waals surface area contributed by atoms with E-state index in [1.807, 2.05) is 67.3 Å². The third-order valence-corrected chi connectivity index (χ3v) is 6.52. The van der Waals surface area contributed by atoms with E-state index >= 15 is 0 Å². The molecular weight excluding hydrogens is 394 g/mol. The number of rotatable bonds is 3. The third kappa shape index (κ3) is 2.65. The van der Waals surface area contributed by atoms with Gasteiger partial charge in [-0.3, -0.25) is 9.48 Å². The lowest BCUT2D eigenvalue weighted by molar-refractivity contribution is 0.777. The zero-order chi connectivity index (χ0) is 20.8. The molecule has 0 saturated carbocycles. The molecule has 0 amide bonds. The Balaban J connectivity index is 1.79. The van der Waals surface area contributed by atoms with Crippen LogP contribution >= 0.6 is 11.3 Å². The van der Waals surface area contributed by atoms with Crippen LogP contribution < -0.4 is 5.56 Å². The van der Waals surface area contributed by atoms with Crippen molar-refractivity contribution in [1.29, 1.82) is 0 Å². The van der Waals surface area contributed by atoms with E-state index in [-0.39, 0.29) is 5.56 Å². The molecule has 0 atom stereocenters. The number of benzene rings is 2. The van der Waals surface area contributed by atoms with Crippen molar-refractivity contribution < 1.29 is 0 Å². The van der Waals surface area contributed by atoms with Gasteiger partial charge in [0, 0.05) is 22.7 Å². The molecule has 3 aromatic heterocycles. The smallest absolute Gasteiger partial charge is 0.268 e. The normalized spacial score (nSPS) is 11.2. The monoisotopic (exact) mass is 411 g/mol. The van der Waals surface area contributed by atoms with Crippen LogP contribution in [0.15, 0.2) is 53.5 Å². The zero-order valence-corrected chi connectivity index (χ0v) is 17.2. The molecule has 0 spiro atoms. The van der Waals surface area contributed by atoms with Gasteiger partial charge in [0.1, 0.15) is 0 Å². The number of hydrogen-bond donors (Lipinski definition) is 1. The van der Waals surface area contributed by atoms with Crippen LogP contribution in [0.3, 0.4) is 0 Å². The maximum atomic E-state index is 12.2. The van der Waals surface area contributed by atoms with Crippen LogP contribution in [-0.4, -0.2) is 20.0 Å². The molecule has 5 rings (SSSR count). The van der Waals surface area contributed by atoms with Crippen molar-refractivity contribution in [2.24, 2.45) is 7.05 Å². The van der Waals surface area contributed by atoms with Crippen LogP contribution in [-0.2, 0) is 13.5 Å². The number of H-pyrrole nitrogens is 1. The van der Waals surface area contributed by atoms with Gasteiger partial charge in [0.25, 0.3) is 5.56 Å². The highest BCUT2D eigenvalue weighted by atomic mass is 32.1. The summed E-state index contributed by atoms with van der Waals surface area (Å²) in [6.45, 7) is 9.79. The molecule has 5 aromatic rings. The van der Waals surface area contributed by atoms with E-state index in [1.54, 1.807) is 11.3 Å². The van der Waals surface area contributed by atoms with Crippen LogP contribution in [0, 0.1) is 6.57 Å². The van der Waals surface area contributed by atoms with Crippen LogP contribution in [0.4, 0.5) is 5.69 Å². The van der Waals surface area contributed by atoms with Gasteiger partial charge in [0.2, 0.25) is 5.69 Å². The molecule has 0 unspecified atom stereocenters. The Bertz CT molecular complexity index is 1530. The van der Waals surface area contributed by atoms with Crippen LogP contribution in [0.25, 0.3) is 47.4 Å². The molecule has 0 aliphatic heterocycles. The van der Waals surface area contributed by atoms with Gasteiger partial charge in [-0.2, -0.15) is 10.2 Å². The van der Waals surface area contributed by atoms with Crippen molar-refractivity contribution >= 4 is 37.9 Å². The molecule has 0 bridgehead atoms. The quantitative estimate of drug-likeness (QED) is 0.409. The average molecular weight is 411 g/mol. The Morgan fingerprint density at radius 1 is 1.17 bits per heavy atom. The molecule has 6 nitrogen and oxygen atoms in total. The molecule has 0 fully saturated rings. The summed E-state index contributed by atoms with van der Waals surface area (Å²) >= 11 is 1.60. The van der Waals surface area contributed by atoms with E-state index < -0.39 is 0 Å². The van der Waals surface area contributed by atoms with Crippen molar-refractivity contribution in [1.82, 2.24) is 20.0 Å². The van der Waals surface area contributed by atoms with E-state index in [0.717, 1.165) is 49.3 Å². The fourth-order valence-corrected chi connectivity index (χ4v) is 5.11. The number of aryl methyl sites for hydroxylation is 2. The fraction of sp³-hybridized carbons (Fsp3) is 0.130. The molecule has 7 heteroatoms. The Labute approximate surface area is 176 Å². The maximum Gasteiger partial charge on any atom is 0.272 e. The van der Waals surface area contributed by atoms with Gasteiger partial charge >= 0.3 is 0 Å². The number of aromatic amines is 1. The number of nitrogens with one attached hydrogen (secondary N) is 1. The average Bonchev–Trinajstić information content (AvgIpc) is 3.33. The lowest BCUT2D eigenvalue weighted by atomic mass is 10.00. The van der Waals surface area contributed by atoms with E-state index in [2.05, 4.69) is 20.1 Å². The molecule has 30 heavy (non-hydrogen) atoms. The van der Waals surface area contributed by atoms with E-state index in [0.29, 0.717) is 11.1 Å². The Hall–Kier alpha value is -3.76. The number of fused-ring (bicyclic) bond motifs is 2. The van der Waals surface area contributed by atoms with Crippen LogP contribution in [0.2, 0.25) is 0 Å². The number of aromatic nitrogens is 4. The SMILES string of the molecule is [C-]#[N+]c1c(-c2c(-c3ccc4c(=O)[nH]nc(CC)c4c3)cnn2C)sc2ccccc12. The maximum absolute atomic E-state index is 12.2. The summed E-state index contributed by atoms with van der Waals surface area (Å²) in [4.78, 5) is 17.0. The summed E-state index contributed by atoms with van der Waals surface area (Å²) in [6.07, 6.45) is 2.54. The minimum atomic E-state index is -0.194. The lowest BCUT2D eigenvalue weighted by Gasteiger charge is -2.08. The molecule has 3 heterocycles. The molecule has 2 aromatic carbocycles. The number of thiophene rings is 1. The fourth-order valence-electron chi connectivity index (χ4n) is 3.88. The first kappa shape index (κ1) is 18.3. The first-order valence-electron chi connectivity index (χ1n) is 9.55. The van der Waals surface area contributed by atoms with E-state index in [1.165, 1.54) is 0 Å². The summed E-state index contributed by atoms with van der Waals surface area (Å²) in [5.74, 6) is 0. The second-order valence-corrected chi connectivity index (χ2v) is 8.08. The van der Waals surface area contributed by atoms with Gasteiger partial charge in [-0.05, 0) is 35.6 Å². The van der Waals surface area contributed by atoms with Gasteiger partial charge in [-0.1, -0.05) is 31.2 Å². The summed E-state index contributed by atoms with van der Waals surface area (Å²) in [6, 6.07) is 13.7. The van der Waals surface area contributed by atoms with Gasteiger partial charge in [0.15, 0.2) is 0 Å². The van der Waals surface area contributed by atoms with Crippen molar-refractivity contribution in [3.8, 4) is 21.7 Å². The first-order valence-corrected chi connectivity index (χ1v) is 10.4. The molecule has 0 aliphatic rings. The van der Waals surface area contributed by atoms with Gasteiger partial charge in [-0.25, -0.2) is 9.94 Å². The van der Waals surface area contributed by atoms with Crippen molar-refractivity contribution in [3.05, 3.63) is 76.1 Å². The summed E-state index contributed by atoms with van der Waals surface area (Å²) < 4.78 is 2.89. The predicted octanol–water partition coefficient (Wildman–Crippen LogP) is 5.32. The molecule has 1 N–H and O–H groups in total. The highest BCUT2D eigenvalue weighted by Gasteiger charge is 2.21.